The van der Waals surface area contributed by atoms with Crippen LogP contribution >= 0.6 is 0 Å². The minimum atomic E-state index is -4.67. The molecule has 0 aliphatic heterocycles. The maximum Gasteiger partial charge on any atom is 0.394 e. The summed E-state index contributed by atoms with van der Waals surface area (Å²) < 4.78 is 34.6. The molecule has 76 valence electrons. The number of nitrogens with zero attached hydrogens (tertiary/aromatic N) is 2. The van der Waals surface area contributed by atoms with E-state index in [1.807, 2.05) is 0 Å². The van der Waals surface area contributed by atoms with Crippen molar-refractivity contribution < 1.29 is 17.5 Å². The minimum Gasteiger partial charge on any atom is -0.302 e. The van der Waals surface area contributed by atoms with Gasteiger partial charge in [-0.15, -0.1) is 0 Å². The van der Waals surface area contributed by atoms with Crippen molar-refractivity contribution in [2.24, 2.45) is 14.1 Å². The highest BCUT2D eigenvalue weighted by Gasteiger charge is 1.89. The molecule has 7 nitrogen and oxygen atoms in total. The number of hydrogen-bond acceptors (Lipinski definition) is 3. The van der Waals surface area contributed by atoms with Gasteiger partial charge in [-0.1, -0.05) is 0 Å². The van der Waals surface area contributed by atoms with Gasteiger partial charge in [-0.3, -0.25) is 9.11 Å². The quantitative estimate of drug-likeness (QED) is 0.539. The second-order valence-electron chi connectivity index (χ2n) is 2.25. The first kappa shape index (κ1) is 11.9. The fourth-order valence-corrected chi connectivity index (χ4v) is 0.576. The Kier molecular flexibility index (Phi) is 3.85. The van der Waals surface area contributed by atoms with Crippen molar-refractivity contribution in [3.63, 3.8) is 0 Å². The second-order valence-corrected chi connectivity index (χ2v) is 3.15. The normalized spacial score (nSPS) is 10.5. The summed E-state index contributed by atoms with van der Waals surface area (Å²) in [5.74, 6) is 0. The van der Waals surface area contributed by atoms with Crippen molar-refractivity contribution in [1.29, 1.82) is 0 Å². The lowest BCUT2D eigenvalue weighted by Crippen LogP contribution is -2.18. The topological polar surface area (TPSA) is 102 Å². The van der Waals surface area contributed by atoms with Crippen LogP contribution in [-0.2, 0) is 24.5 Å². The average Bonchev–Trinajstić information content (AvgIpc) is 2.16. The van der Waals surface area contributed by atoms with E-state index in [1.54, 1.807) is 26.5 Å². The Balaban J connectivity index is 0.000000252. The highest BCUT2D eigenvalue weighted by atomic mass is 32.3. The van der Waals surface area contributed by atoms with Crippen LogP contribution in [0.4, 0.5) is 0 Å². The van der Waals surface area contributed by atoms with E-state index < -0.39 is 10.4 Å². The molecule has 1 rings (SSSR count). The smallest absolute Gasteiger partial charge is 0.302 e. The Morgan fingerprint density at radius 2 is 1.38 bits per heavy atom. The van der Waals surface area contributed by atoms with Gasteiger partial charge in [0.15, 0.2) is 0 Å². The SMILES string of the molecule is Cn1ccn(C)c1=O.O=S(=O)(O)O. The summed E-state index contributed by atoms with van der Waals surface area (Å²) in [6.07, 6.45) is 3.45. The first-order valence-electron chi connectivity index (χ1n) is 3.09. The minimum absolute atomic E-state index is 0.0185. The van der Waals surface area contributed by atoms with Gasteiger partial charge in [0.05, 0.1) is 0 Å². The van der Waals surface area contributed by atoms with Crippen molar-refractivity contribution in [2.75, 3.05) is 0 Å². The maximum absolute atomic E-state index is 10.7. The third-order valence-electron chi connectivity index (χ3n) is 1.12. The van der Waals surface area contributed by atoms with Gasteiger partial charge < -0.3 is 9.13 Å². The van der Waals surface area contributed by atoms with Crippen LogP contribution in [0.15, 0.2) is 17.2 Å². The van der Waals surface area contributed by atoms with Gasteiger partial charge in [0.25, 0.3) is 0 Å². The third kappa shape index (κ3) is 6.08. The second kappa shape index (κ2) is 4.21. The molecule has 8 heteroatoms. The number of imidazole rings is 1. The van der Waals surface area contributed by atoms with Crippen molar-refractivity contribution in [3.8, 4) is 0 Å². The lowest BCUT2D eigenvalue weighted by atomic mass is 10.9. The lowest BCUT2D eigenvalue weighted by Gasteiger charge is -1.82. The molecule has 0 saturated heterocycles. The van der Waals surface area contributed by atoms with Crippen LogP contribution in [0.25, 0.3) is 0 Å². The Labute approximate surface area is 74.8 Å². The van der Waals surface area contributed by atoms with Crippen LogP contribution in [-0.4, -0.2) is 26.7 Å². The highest BCUT2D eigenvalue weighted by Crippen LogP contribution is 1.72. The summed E-state index contributed by atoms with van der Waals surface area (Å²) in [4.78, 5) is 10.7. The molecule has 0 radical (unpaired) electrons. The van der Waals surface area contributed by atoms with Crippen molar-refractivity contribution >= 4 is 10.4 Å². The monoisotopic (exact) mass is 210 g/mol. The maximum atomic E-state index is 10.7. The molecule has 0 bridgehead atoms. The van der Waals surface area contributed by atoms with Crippen LogP contribution in [0, 0.1) is 0 Å². The van der Waals surface area contributed by atoms with E-state index in [1.165, 1.54) is 9.13 Å². The van der Waals surface area contributed by atoms with Gasteiger partial charge in [0, 0.05) is 26.5 Å². The molecule has 0 aromatic carbocycles. The molecule has 1 heterocycles. The standard InChI is InChI=1S/C5H8N2O.H2O4S/c1-6-3-4-7(2)5(6)8;1-5(2,3)4/h3-4H,1-2H3;(H2,1,2,3,4). The van der Waals surface area contributed by atoms with E-state index in [0.717, 1.165) is 0 Å². The summed E-state index contributed by atoms with van der Waals surface area (Å²) in [5.41, 5.74) is 0.0185. The zero-order chi connectivity index (χ0) is 10.6. The molecule has 1 aromatic heterocycles. The molecule has 1 aromatic rings. The first-order valence-corrected chi connectivity index (χ1v) is 4.49. The van der Waals surface area contributed by atoms with E-state index in [2.05, 4.69) is 0 Å². The largest absolute Gasteiger partial charge is 0.394 e. The zero-order valence-electron chi connectivity index (χ0n) is 7.08. The predicted molar refractivity (Wildman–Crippen MR) is 44.8 cm³/mol. The van der Waals surface area contributed by atoms with E-state index >= 15 is 0 Å². The molecular formula is C5H10N2O5S. The summed E-state index contributed by atoms with van der Waals surface area (Å²) in [6, 6.07) is 0. The number of rotatable bonds is 0. The number of aryl methyl sites for hydroxylation is 2. The fraction of sp³-hybridized carbons (Fsp3) is 0.400. The van der Waals surface area contributed by atoms with Gasteiger partial charge >= 0.3 is 16.1 Å². The molecule has 0 saturated carbocycles. The molecule has 0 spiro atoms. The van der Waals surface area contributed by atoms with E-state index in [0.29, 0.717) is 0 Å². The van der Waals surface area contributed by atoms with Crippen LogP contribution in [0.3, 0.4) is 0 Å². The van der Waals surface area contributed by atoms with Crippen LogP contribution in [0.2, 0.25) is 0 Å². The highest BCUT2D eigenvalue weighted by molar-refractivity contribution is 7.79. The van der Waals surface area contributed by atoms with Gasteiger partial charge in [-0.05, 0) is 0 Å². The van der Waals surface area contributed by atoms with Gasteiger partial charge in [-0.2, -0.15) is 8.42 Å². The molecule has 0 aliphatic carbocycles. The van der Waals surface area contributed by atoms with Crippen LogP contribution in [0.5, 0.6) is 0 Å². The average molecular weight is 210 g/mol. The Morgan fingerprint density at radius 1 is 1.15 bits per heavy atom. The van der Waals surface area contributed by atoms with Crippen molar-refractivity contribution in [2.45, 2.75) is 0 Å². The Bertz CT molecular complexity index is 384. The number of hydrogen-bond donors (Lipinski definition) is 2. The van der Waals surface area contributed by atoms with Gasteiger partial charge in [0.2, 0.25) is 0 Å². The first-order chi connectivity index (χ1) is 5.72. The predicted octanol–water partition coefficient (Wildman–Crippen LogP) is -0.929. The third-order valence-corrected chi connectivity index (χ3v) is 1.12. The van der Waals surface area contributed by atoms with E-state index in [-0.39, 0.29) is 5.69 Å². The van der Waals surface area contributed by atoms with E-state index in [4.69, 9.17) is 17.5 Å². The van der Waals surface area contributed by atoms with Gasteiger partial charge in [-0.25, -0.2) is 4.79 Å². The molecular weight excluding hydrogens is 200 g/mol. The lowest BCUT2D eigenvalue weighted by molar-refractivity contribution is 0.381. The summed E-state index contributed by atoms with van der Waals surface area (Å²) in [6.45, 7) is 0. The Morgan fingerprint density at radius 3 is 1.46 bits per heavy atom. The van der Waals surface area contributed by atoms with Crippen molar-refractivity contribution in [1.82, 2.24) is 9.13 Å². The van der Waals surface area contributed by atoms with Crippen molar-refractivity contribution in [3.05, 3.63) is 22.9 Å². The van der Waals surface area contributed by atoms with Gasteiger partial charge in [0.1, 0.15) is 0 Å². The number of aromatic nitrogens is 2. The molecule has 0 unspecified atom stereocenters. The molecule has 0 aliphatic rings. The Hall–Kier alpha value is -1.12. The zero-order valence-corrected chi connectivity index (χ0v) is 7.89. The molecule has 2 N–H and O–H groups in total. The molecule has 0 amide bonds. The van der Waals surface area contributed by atoms with Crippen LogP contribution < -0.4 is 5.69 Å². The summed E-state index contributed by atoms with van der Waals surface area (Å²) >= 11 is 0. The molecule has 0 fully saturated rings. The molecule has 0 atom stereocenters. The van der Waals surface area contributed by atoms with Crippen LogP contribution in [0.1, 0.15) is 0 Å². The summed E-state index contributed by atoms with van der Waals surface area (Å²) in [7, 11) is -1.22. The van der Waals surface area contributed by atoms with E-state index in [9.17, 15) is 4.79 Å². The molecule has 13 heavy (non-hydrogen) atoms. The summed E-state index contributed by atoms with van der Waals surface area (Å²) in [5, 5.41) is 0. The fourth-order valence-electron chi connectivity index (χ4n) is 0.576.